The molecule has 0 amide bonds. The molecule has 1 aromatic carbocycles. The number of nitrogen functional groups attached to an aromatic ring is 1. The van der Waals surface area contributed by atoms with E-state index in [2.05, 4.69) is 0 Å². The van der Waals surface area contributed by atoms with Crippen molar-refractivity contribution >= 4 is 11.7 Å². The van der Waals surface area contributed by atoms with Crippen molar-refractivity contribution in [1.82, 2.24) is 0 Å². The number of halogens is 1. The molecule has 0 unspecified atom stereocenters. The summed E-state index contributed by atoms with van der Waals surface area (Å²) in [5, 5.41) is 0. The van der Waals surface area contributed by atoms with E-state index in [-0.39, 0.29) is 17.4 Å². The highest BCUT2D eigenvalue weighted by Crippen LogP contribution is 2.14. The molecule has 88 valence electrons. The molecule has 1 rings (SSSR count). The number of nitrogens with two attached hydrogens (primary N) is 1. The number of benzene rings is 1. The molecule has 1 aromatic rings. The summed E-state index contributed by atoms with van der Waals surface area (Å²) >= 11 is 0. The minimum Gasteiger partial charge on any atom is -0.459 e. The van der Waals surface area contributed by atoms with Gasteiger partial charge in [-0.15, -0.1) is 0 Å². The Balaban J connectivity index is 2.76. The normalized spacial score (nSPS) is 10.5. The van der Waals surface area contributed by atoms with E-state index in [9.17, 15) is 9.18 Å². The van der Waals surface area contributed by atoms with Crippen molar-refractivity contribution in [2.75, 3.05) is 5.73 Å². The fourth-order valence-electron chi connectivity index (χ4n) is 1.33. The number of hydrogen-bond donors (Lipinski definition) is 1. The predicted molar refractivity (Wildman–Crippen MR) is 60.6 cm³/mol. The summed E-state index contributed by atoms with van der Waals surface area (Å²) in [6.07, 6.45) is 1.38. The maximum absolute atomic E-state index is 13.1. The Morgan fingerprint density at radius 2 is 2.06 bits per heavy atom. The Kier molecular flexibility index (Phi) is 4.28. The zero-order valence-corrected chi connectivity index (χ0v) is 9.50. The number of ether oxygens (including phenoxy) is 1. The van der Waals surface area contributed by atoms with E-state index in [4.69, 9.17) is 10.5 Å². The monoisotopic (exact) mass is 225 g/mol. The van der Waals surface area contributed by atoms with E-state index in [1.54, 1.807) is 0 Å². The average Bonchev–Trinajstić information content (AvgIpc) is 2.29. The summed E-state index contributed by atoms with van der Waals surface area (Å²) in [5.74, 6) is -1.11. The molecule has 0 spiro atoms. The number of anilines is 1. The molecule has 4 heteroatoms. The second-order valence-corrected chi connectivity index (χ2v) is 3.58. The van der Waals surface area contributed by atoms with Crippen molar-refractivity contribution in [2.45, 2.75) is 32.8 Å². The van der Waals surface area contributed by atoms with Crippen molar-refractivity contribution < 1.29 is 13.9 Å². The first-order valence-electron chi connectivity index (χ1n) is 5.34. The number of esters is 1. The maximum Gasteiger partial charge on any atom is 0.338 e. The van der Waals surface area contributed by atoms with E-state index < -0.39 is 11.8 Å². The first kappa shape index (κ1) is 12.5. The van der Waals surface area contributed by atoms with Crippen LogP contribution in [0.15, 0.2) is 18.2 Å². The molecule has 0 aliphatic heterocycles. The topological polar surface area (TPSA) is 52.3 Å². The second-order valence-electron chi connectivity index (χ2n) is 3.58. The van der Waals surface area contributed by atoms with E-state index in [1.165, 1.54) is 12.1 Å². The van der Waals surface area contributed by atoms with Crippen LogP contribution in [-0.2, 0) is 4.74 Å². The molecule has 0 fully saturated rings. The summed E-state index contributed by atoms with van der Waals surface area (Å²) in [7, 11) is 0. The molecule has 0 radical (unpaired) electrons. The van der Waals surface area contributed by atoms with Crippen LogP contribution in [0, 0.1) is 5.82 Å². The smallest absolute Gasteiger partial charge is 0.338 e. The summed E-state index contributed by atoms with van der Waals surface area (Å²) in [6, 6.07) is 3.92. The number of rotatable bonds is 4. The van der Waals surface area contributed by atoms with Gasteiger partial charge in [-0.1, -0.05) is 13.8 Å². The van der Waals surface area contributed by atoms with Gasteiger partial charge in [0, 0.05) is 0 Å². The van der Waals surface area contributed by atoms with Gasteiger partial charge in [-0.05, 0) is 31.0 Å². The molecular weight excluding hydrogens is 209 g/mol. The Labute approximate surface area is 94.4 Å². The van der Waals surface area contributed by atoms with E-state index >= 15 is 0 Å². The quantitative estimate of drug-likeness (QED) is 0.633. The minimum atomic E-state index is -0.598. The van der Waals surface area contributed by atoms with Gasteiger partial charge in [0.2, 0.25) is 0 Å². The van der Waals surface area contributed by atoms with Gasteiger partial charge in [0.05, 0.1) is 11.3 Å². The average molecular weight is 225 g/mol. The fraction of sp³-hybridized carbons (Fsp3) is 0.417. The van der Waals surface area contributed by atoms with Gasteiger partial charge in [0.15, 0.2) is 0 Å². The highest BCUT2D eigenvalue weighted by Gasteiger charge is 2.14. The molecule has 0 aliphatic rings. The molecule has 0 bridgehead atoms. The second kappa shape index (κ2) is 5.49. The highest BCUT2D eigenvalue weighted by molar-refractivity contribution is 5.89. The van der Waals surface area contributed by atoms with Crippen molar-refractivity contribution in [2.24, 2.45) is 0 Å². The molecule has 16 heavy (non-hydrogen) atoms. The standard InChI is InChI=1S/C12H16FNO2/c1-3-9(4-2)16-12(15)8-5-6-11(14)10(13)7-8/h5-7,9H,3-4,14H2,1-2H3. The van der Waals surface area contributed by atoms with Crippen LogP contribution < -0.4 is 5.73 Å². The number of hydrogen-bond acceptors (Lipinski definition) is 3. The van der Waals surface area contributed by atoms with Gasteiger partial charge in [-0.2, -0.15) is 0 Å². The molecule has 2 N–H and O–H groups in total. The van der Waals surface area contributed by atoms with Crippen LogP contribution >= 0.6 is 0 Å². The van der Waals surface area contributed by atoms with Crippen molar-refractivity contribution in [3.63, 3.8) is 0 Å². The van der Waals surface area contributed by atoms with Crippen molar-refractivity contribution in [1.29, 1.82) is 0 Å². The first-order valence-corrected chi connectivity index (χ1v) is 5.34. The zero-order chi connectivity index (χ0) is 12.1. The molecule has 0 heterocycles. The SMILES string of the molecule is CCC(CC)OC(=O)c1ccc(N)c(F)c1. The summed E-state index contributed by atoms with van der Waals surface area (Å²) < 4.78 is 18.3. The minimum absolute atomic E-state index is 0.0269. The van der Waals surface area contributed by atoms with Crippen LogP contribution in [0.25, 0.3) is 0 Å². The lowest BCUT2D eigenvalue weighted by atomic mass is 10.2. The molecule has 0 atom stereocenters. The van der Waals surface area contributed by atoms with E-state index in [1.807, 2.05) is 13.8 Å². The lowest BCUT2D eigenvalue weighted by Crippen LogP contribution is -2.16. The number of carbonyl (C=O) groups excluding carboxylic acids is 1. The zero-order valence-electron chi connectivity index (χ0n) is 9.50. The van der Waals surface area contributed by atoms with Gasteiger partial charge in [0.1, 0.15) is 11.9 Å². The molecular formula is C12H16FNO2. The fourth-order valence-corrected chi connectivity index (χ4v) is 1.33. The van der Waals surface area contributed by atoms with Crippen LogP contribution in [0.1, 0.15) is 37.0 Å². The van der Waals surface area contributed by atoms with E-state index in [0.29, 0.717) is 0 Å². The highest BCUT2D eigenvalue weighted by atomic mass is 19.1. The molecule has 3 nitrogen and oxygen atoms in total. The largest absolute Gasteiger partial charge is 0.459 e. The maximum atomic E-state index is 13.1. The molecule has 0 saturated heterocycles. The lowest BCUT2D eigenvalue weighted by molar-refractivity contribution is 0.0284. The van der Waals surface area contributed by atoms with Crippen molar-refractivity contribution in [3.05, 3.63) is 29.6 Å². The van der Waals surface area contributed by atoms with Gasteiger partial charge < -0.3 is 10.5 Å². The van der Waals surface area contributed by atoms with Crippen LogP contribution in [0.5, 0.6) is 0 Å². The summed E-state index contributed by atoms with van der Waals surface area (Å²) in [6.45, 7) is 3.87. The van der Waals surface area contributed by atoms with Gasteiger partial charge in [0.25, 0.3) is 0 Å². The third-order valence-electron chi connectivity index (χ3n) is 2.42. The molecule has 0 aromatic heterocycles. The predicted octanol–water partition coefficient (Wildman–Crippen LogP) is 2.75. The van der Waals surface area contributed by atoms with Gasteiger partial charge >= 0.3 is 5.97 Å². The van der Waals surface area contributed by atoms with Crippen molar-refractivity contribution in [3.8, 4) is 0 Å². The number of carbonyl (C=O) groups is 1. The Bertz CT molecular complexity index is 375. The van der Waals surface area contributed by atoms with Crippen LogP contribution in [0.2, 0.25) is 0 Å². The van der Waals surface area contributed by atoms with Crippen LogP contribution in [0.3, 0.4) is 0 Å². The summed E-state index contributed by atoms with van der Waals surface area (Å²) in [5.41, 5.74) is 5.54. The Morgan fingerprint density at radius 3 is 2.56 bits per heavy atom. The molecule has 0 saturated carbocycles. The first-order chi connectivity index (χ1) is 7.58. The van der Waals surface area contributed by atoms with Gasteiger partial charge in [-0.3, -0.25) is 0 Å². The third kappa shape index (κ3) is 2.95. The van der Waals surface area contributed by atoms with Crippen LogP contribution in [-0.4, -0.2) is 12.1 Å². The lowest BCUT2D eigenvalue weighted by Gasteiger charge is -2.13. The Hall–Kier alpha value is -1.58. The molecule has 0 aliphatic carbocycles. The van der Waals surface area contributed by atoms with E-state index in [0.717, 1.165) is 18.9 Å². The van der Waals surface area contributed by atoms with Gasteiger partial charge in [-0.25, -0.2) is 9.18 Å². The third-order valence-corrected chi connectivity index (χ3v) is 2.42. The van der Waals surface area contributed by atoms with Crippen LogP contribution in [0.4, 0.5) is 10.1 Å². The Morgan fingerprint density at radius 1 is 1.44 bits per heavy atom. The summed E-state index contributed by atoms with van der Waals surface area (Å²) in [4.78, 5) is 11.6.